The van der Waals surface area contributed by atoms with Crippen LogP contribution in [0.5, 0.6) is 0 Å². The first-order chi connectivity index (χ1) is 7.76. The SMILES string of the molecule is CCCC(C)CNc1ccc(CC#N)cc1. The lowest BCUT2D eigenvalue weighted by molar-refractivity contribution is 0.551. The average Bonchev–Trinajstić information content (AvgIpc) is 2.29. The molecule has 0 radical (unpaired) electrons. The molecule has 86 valence electrons. The maximum atomic E-state index is 8.56. The maximum absolute atomic E-state index is 8.56. The summed E-state index contributed by atoms with van der Waals surface area (Å²) in [6, 6.07) is 10.3. The standard InChI is InChI=1S/C14H20N2/c1-3-4-12(2)11-16-14-7-5-13(6-8-14)9-10-15/h5-8,12,16H,3-4,9,11H2,1-2H3. The van der Waals surface area contributed by atoms with E-state index in [0.717, 1.165) is 17.8 Å². The van der Waals surface area contributed by atoms with Crippen molar-refractivity contribution in [2.24, 2.45) is 5.92 Å². The summed E-state index contributed by atoms with van der Waals surface area (Å²) in [4.78, 5) is 0. The number of rotatable bonds is 6. The van der Waals surface area contributed by atoms with E-state index in [1.54, 1.807) is 0 Å². The first-order valence-electron chi connectivity index (χ1n) is 5.96. The Morgan fingerprint density at radius 3 is 2.56 bits per heavy atom. The van der Waals surface area contributed by atoms with E-state index in [9.17, 15) is 0 Å². The summed E-state index contributed by atoms with van der Waals surface area (Å²) in [7, 11) is 0. The molecule has 0 saturated heterocycles. The molecule has 0 bridgehead atoms. The fourth-order valence-electron chi connectivity index (χ4n) is 1.72. The molecule has 1 aromatic rings. The van der Waals surface area contributed by atoms with Crippen molar-refractivity contribution >= 4 is 5.69 Å². The van der Waals surface area contributed by atoms with Crippen molar-refractivity contribution in [2.45, 2.75) is 33.1 Å². The van der Waals surface area contributed by atoms with Crippen LogP contribution in [0.15, 0.2) is 24.3 Å². The van der Waals surface area contributed by atoms with Gasteiger partial charge in [0, 0.05) is 12.2 Å². The minimum Gasteiger partial charge on any atom is -0.385 e. The molecular weight excluding hydrogens is 196 g/mol. The molecule has 0 aliphatic heterocycles. The van der Waals surface area contributed by atoms with Crippen LogP contribution in [0.2, 0.25) is 0 Å². The van der Waals surface area contributed by atoms with Crippen LogP contribution < -0.4 is 5.32 Å². The van der Waals surface area contributed by atoms with Gasteiger partial charge in [-0.15, -0.1) is 0 Å². The Labute approximate surface area is 98.3 Å². The predicted octanol–water partition coefficient (Wildman–Crippen LogP) is 3.60. The molecule has 0 saturated carbocycles. The van der Waals surface area contributed by atoms with E-state index in [1.807, 2.05) is 24.3 Å². The number of nitriles is 1. The molecule has 16 heavy (non-hydrogen) atoms. The third-order valence-electron chi connectivity index (χ3n) is 2.67. The monoisotopic (exact) mass is 216 g/mol. The number of benzene rings is 1. The summed E-state index contributed by atoms with van der Waals surface area (Å²) in [5.74, 6) is 0.712. The van der Waals surface area contributed by atoms with E-state index in [2.05, 4.69) is 25.2 Å². The average molecular weight is 216 g/mol. The normalized spacial score (nSPS) is 11.8. The second-order valence-corrected chi connectivity index (χ2v) is 4.31. The van der Waals surface area contributed by atoms with E-state index in [4.69, 9.17) is 5.26 Å². The van der Waals surface area contributed by atoms with Crippen LogP contribution in [0.1, 0.15) is 32.3 Å². The molecule has 1 rings (SSSR count). The summed E-state index contributed by atoms with van der Waals surface area (Å²) >= 11 is 0. The van der Waals surface area contributed by atoms with E-state index >= 15 is 0 Å². The lowest BCUT2D eigenvalue weighted by Gasteiger charge is -2.12. The molecule has 0 fully saturated rings. The fraction of sp³-hybridized carbons (Fsp3) is 0.500. The van der Waals surface area contributed by atoms with Gasteiger partial charge < -0.3 is 5.32 Å². The second-order valence-electron chi connectivity index (χ2n) is 4.31. The van der Waals surface area contributed by atoms with Gasteiger partial charge in [0.15, 0.2) is 0 Å². The van der Waals surface area contributed by atoms with Gasteiger partial charge in [-0.05, 0) is 30.0 Å². The summed E-state index contributed by atoms with van der Waals surface area (Å²) in [5, 5.41) is 12.0. The smallest absolute Gasteiger partial charge is 0.0669 e. The molecular formula is C14H20N2. The zero-order valence-electron chi connectivity index (χ0n) is 10.2. The molecule has 1 N–H and O–H groups in total. The number of hydrogen-bond acceptors (Lipinski definition) is 2. The molecule has 0 spiro atoms. The Bertz CT molecular complexity index is 335. The third-order valence-corrected chi connectivity index (χ3v) is 2.67. The van der Waals surface area contributed by atoms with Gasteiger partial charge in [-0.1, -0.05) is 32.4 Å². The van der Waals surface area contributed by atoms with Gasteiger partial charge in [-0.2, -0.15) is 5.26 Å². The summed E-state index contributed by atoms with van der Waals surface area (Å²) < 4.78 is 0. The van der Waals surface area contributed by atoms with E-state index < -0.39 is 0 Å². The quantitative estimate of drug-likeness (QED) is 0.788. The lowest BCUT2D eigenvalue weighted by Crippen LogP contribution is -2.10. The summed E-state index contributed by atoms with van der Waals surface area (Å²) in [6.45, 7) is 5.50. The topological polar surface area (TPSA) is 35.8 Å². The highest BCUT2D eigenvalue weighted by Crippen LogP contribution is 2.12. The van der Waals surface area contributed by atoms with Crippen molar-refractivity contribution in [3.63, 3.8) is 0 Å². The number of hydrogen-bond donors (Lipinski definition) is 1. The number of nitrogens with one attached hydrogen (secondary N) is 1. The van der Waals surface area contributed by atoms with Gasteiger partial charge in [0.25, 0.3) is 0 Å². The molecule has 1 unspecified atom stereocenters. The lowest BCUT2D eigenvalue weighted by atomic mass is 10.1. The van der Waals surface area contributed by atoms with E-state index in [-0.39, 0.29) is 0 Å². The van der Waals surface area contributed by atoms with Gasteiger partial charge >= 0.3 is 0 Å². The Hall–Kier alpha value is -1.49. The molecule has 0 aromatic heterocycles. The fourth-order valence-corrected chi connectivity index (χ4v) is 1.72. The van der Waals surface area contributed by atoms with Crippen molar-refractivity contribution in [3.05, 3.63) is 29.8 Å². The van der Waals surface area contributed by atoms with Crippen LogP contribution in [0, 0.1) is 17.2 Å². The van der Waals surface area contributed by atoms with Crippen molar-refractivity contribution in [2.75, 3.05) is 11.9 Å². The van der Waals surface area contributed by atoms with Crippen LogP contribution in [0.4, 0.5) is 5.69 Å². The molecule has 0 aliphatic rings. The molecule has 0 heterocycles. The molecule has 1 aromatic carbocycles. The van der Waals surface area contributed by atoms with Gasteiger partial charge in [-0.3, -0.25) is 0 Å². The molecule has 2 heteroatoms. The third kappa shape index (κ3) is 4.35. The Balaban J connectivity index is 2.40. The summed E-state index contributed by atoms with van der Waals surface area (Å²) in [5.41, 5.74) is 2.22. The van der Waals surface area contributed by atoms with Gasteiger partial charge in [0.2, 0.25) is 0 Å². The molecule has 0 aliphatic carbocycles. The van der Waals surface area contributed by atoms with E-state index in [0.29, 0.717) is 12.3 Å². The first-order valence-corrected chi connectivity index (χ1v) is 5.96. The first kappa shape index (κ1) is 12.6. The highest BCUT2D eigenvalue weighted by molar-refractivity contribution is 5.44. The Kier molecular flexibility index (Phi) is 5.42. The van der Waals surface area contributed by atoms with Crippen molar-refractivity contribution in [1.29, 1.82) is 5.26 Å². The van der Waals surface area contributed by atoms with E-state index in [1.165, 1.54) is 12.8 Å². The van der Waals surface area contributed by atoms with Gasteiger partial charge in [0.05, 0.1) is 12.5 Å². The Morgan fingerprint density at radius 2 is 2.00 bits per heavy atom. The van der Waals surface area contributed by atoms with Crippen LogP contribution in [-0.4, -0.2) is 6.54 Å². The zero-order valence-corrected chi connectivity index (χ0v) is 10.2. The van der Waals surface area contributed by atoms with Crippen molar-refractivity contribution in [1.82, 2.24) is 0 Å². The maximum Gasteiger partial charge on any atom is 0.0669 e. The molecule has 0 amide bonds. The minimum atomic E-state index is 0.493. The van der Waals surface area contributed by atoms with Crippen LogP contribution >= 0.6 is 0 Å². The Morgan fingerprint density at radius 1 is 1.31 bits per heavy atom. The van der Waals surface area contributed by atoms with Gasteiger partial charge in [-0.25, -0.2) is 0 Å². The number of anilines is 1. The predicted molar refractivity (Wildman–Crippen MR) is 68.3 cm³/mol. The van der Waals surface area contributed by atoms with Gasteiger partial charge in [0.1, 0.15) is 0 Å². The number of nitrogens with zero attached hydrogens (tertiary/aromatic N) is 1. The second kappa shape index (κ2) is 6.90. The molecule has 2 nitrogen and oxygen atoms in total. The van der Waals surface area contributed by atoms with Crippen LogP contribution in [0.25, 0.3) is 0 Å². The summed E-state index contributed by atoms with van der Waals surface area (Å²) in [6.07, 6.45) is 3.00. The van der Waals surface area contributed by atoms with Crippen molar-refractivity contribution < 1.29 is 0 Å². The van der Waals surface area contributed by atoms with Crippen LogP contribution in [-0.2, 0) is 6.42 Å². The minimum absolute atomic E-state index is 0.493. The van der Waals surface area contributed by atoms with Crippen LogP contribution in [0.3, 0.4) is 0 Å². The molecule has 1 atom stereocenters. The largest absolute Gasteiger partial charge is 0.385 e. The van der Waals surface area contributed by atoms with Crippen molar-refractivity contribution in [3.8, 4) is 6.07 Å². The zero-order chi connectivity index (χ0) is 11.8. The highest BCUT2D eigenvalue weighted by Gasteiger charge is 2.00. The highest BCUT2D eigenvalue weighted by atomic mass is 14.9.